The van der Waals surface area contributed by atoms with Gasteiger partial charge < -0.3 is 0 Å². The molecule has 0 heterocycles. The van der Waals surface area contributed by atoms with Crippen LogP contribution in [0.4, 0.5) is 0 Å². The summed E-state index contributed by atoms with van der Waals surface area (Å²) < 4.78 is 0. The average Bonchev–Trinajstić information content (AvgIpc) is 3.39. The molecule has 0 unspecified atom stereocenters. The first-order chi connectivity index (χ1) is 36.7. The van der Waals surface area contributed by atoms with Gasteiger partial charge in [-0.3, -0.25) is 9.59 Å². The molecule has 1 saturated carbocycles. The third-order valence-electron chi connectivity index (χ3n) is 16.5. The van der Waals surface area contributed by atoms with Crippen molar-refractivity contribution < 1.29 is 9.59 Å². The Bertz CT molecular complexity index is 2850. The van der Waals surface area contributed by atoms with E-state index >= 15 is 0 Å². The van der Waals surface area contributed by atoms with Crippen LogP contribution in [-0.2, 0) is 15.3 Å². The van der Waals surface area contributed by atoms with Crippen molar-refractivity contribution in [2.75, 3.05) is 0 Å². The molecular weight excluding hydrogens is 965 g/mol. The fourth-order valence-corrected chi connectivity index (χ4v) is 12.5. The van der Waals surface area contributed by atoms with Crippen LogP contribution in [0.25, 0.3) is 66.8 Å². The second kappa shape index (κ2) is 23.9. The smallest absolute Gasteiger partial charge is 0.153 e. The highest BCUT2D eigenvalue weighted by molar-refractivity contribution is 8.00. The van der Waals surface area contributed by atoms with Crippen molar-refractivity contribution in [2.45, 2.75) is 196 Å². The normalized spacial score (nSPS) is 14.3. The third-order valence-corrected chi connectivity index (χ3v) is 17.8. The molecule has 7 aromatic rings. The molecule has 0 aliphatic heterocycles. The number of carbonyl (C=O) groups excluding carboxylic acids is 2. The molecule has 408 valence electrons. The topological polar surface area (TPSA) is 34.1 Å². The maximum atomic E-state index is 14.1. The van der Waals surface area contributed by atoms with Crippen molar-refractivity contribution in [3.05, 3.63) is 177 Å². The molecule has 1 fully saturated rings. The van der Waals surface area contributed by atoms with E-state index in [1.165, 1.54) is 101 Å². The maximum absolute atomic E-state index is 14.1. The van der Waals surface area contributed by atoms with Gasteiger partial charge in [-0.15, -0.1) is 11.8 Å². The highest BCUT2D eigenvalue weighted by Gasteiger charge is 2.40. The van der Waals surface area contributed by atoms with Crippen molar-refractivity contribution >= 4 is 23.3 Å². The summed E-state index contributed by atoms with van der Waals surface area (Å²) in [5, 5.41) is -0.703. The SMILES string of the molecule is CC(C)c1cc(-c2cc(-c3cc(C(C)C)cc(C(C)C)c3)cc(-c3cccc(-c4cc(-c5cc(C(C)C)cc(C(C)C)c5)cc(-c5cc(C(C)C)cc(C(C)C)c5)c4)c3CSC3C(=O)CC(C)(C)CC3=O)c2)cc(C(C)C)c1. The Morgan fingerprint density at radius 1 is 0.346 bits per heavy atom. The molecular formula is C75H90O2S. The Balaban J connectivity index is 1.46. The van der Waals surface area contributed by atoms with Crippen LogP contribution in [0, 0.1) is 5.41 Å². The van der Waals surface area contributed by atoms with Gasteiger partial charge in [0, 0.05) is 18.6 Å². The Morgan fingerprint density at radius 3 is 0.795 bits per heavy atom. The van der Waals surface area contributed by atoms with E-state index in [4.69, 9.17) is 0 Å². The van der Waals surface area contributed by atoms with Crippen LogP contribution < -0.4 is 0 Å². The van der Waals surface area contributed by atoms with Crippen LogP contribution >= 0.6 is 11.8 Å². The minimum atomic E-state index is -0.703. The molecule has 0 saturated heterocycles. The van der Waals surface area contributed by atoms with Crippen LogP contribution in [0.5, 0.6) is 0 Å². The zero-order chi connectivity index (χ0) is 56.7. The van der Waals surface area contributed by atoms with Crippen molar-refractivity contribution in [3.63, 3.8) is 0 Å². The fourth-order valence-electron chi connectivity index (χ4n) is 11.3. The lowest BCUT2D eigenvalue weighted by Crippen LogP contribution is -2.39. The zero-order valence-electron chi connectivity index (χ0n) is 50.7. The zero-order valence-corrected chi connectivity index (χ0v) is 51.5. The van der Waals surface area contributed by atoms with Gasteiger partial charge in [0.1, 0.15) is 5.25 Å². The summed E-state index contributed by atoms with van der Waals surface area (Å²) in [5.74, 6) is 3.53. The van der Waals surface area contributed by atoms with E-state index in [9.17, 15) is 9.59 Å². The Labute approximate surface area is 475 Å². The molecule has 1 aliphatic carbocycles. The lowest BCUT2D eigenvalue weighted by atomic mass is 9.76. The number of thioether (sulfide) groups is 1. The summed E-state index contributed by atoms with van der Waals surface area (Å²) in [4.78, 5) is 28.2. The predicted octanol–water partition coefficient (Wildman–Crippen LogP) is 22.2. The standard InChI is InChI=1S/C75H90O2S/c1-43(2)51-22-52(44(3)4)27-59(26-51)63-34-64(60-28-53(45(5)6)23-54(29-60)46(7)8)37-67(36-63)69-20-19-21-70(71(69)42-78-74-72(76)40-75(17,18)41-73(74)77)68-38-65(61-30-55(47(9)10)24-56(31-61)48(11)12)35-66(39-68)62-32-57(49(13)14)25-58(33-62)50(15)16/h19-39,43-50,74H,40-42H2,1-18H3. The molecule has 0 N–H and O–H groups in total. The van der Waals surface area contributed by atoms with E-state index in [-0.39, 0.29) is 17.0 Å². The molecule has 0 atom stereocenters. The Morgan fingerprint density at radius 2 is 0.564 bits per heavy atom. The largest absolute Gasteiger partial charge is 0.298 e. The highest BCUT2D eigenvalue weighted by atomic mass is 32.2. The van der Waals surface area contributed by atoms with E-state index in [2.05, 4.69) is 252 Å². The molecule has 3 heteroatoms. The lowest BCUT2D eigenvalue weighted by Gasteiger charge is -2.32. The molecule has 8 rings (SSSR count). The van der Waals surface area contributed by atoms with Gasteiger partial charge in [0.15, 0.2) is 11.6 Å². The minimum absolute atomic E-state index is 0.0443. The predicted molar refractivity (Wildman–Crippen MR) is 340 cm³/mol. The van der Waals surface area contributed by atoms with Gasteiger partial charge in [0.05, 0.1) is 0 Å². The number of rotatable bonds is 17. The van der Waals surface area contributed by atoms with Crippen molar-refractivity contribution in [1.82, 2.24) is 0 Å². The van der Waals surface area contributed by atoms with Gasteiger partial charge in [-0.2, -0.15) is 0 Å². The molecule has 7 aromatic carbocycles. The first-order valence-electron chi connectivity index (χ1n) is 29.5. The average molecular weight is 1060 g/mol. The van der Waals surface area contributed by atoms with E-state index in [0.717, 1.165) is 27.8 Å². The molecule has 0 spiro atoms. The molecule has 78 heavy (non-hydrogen) atoms. The number of Topliss-reactive ketones (excluding diaryl/α,β-unsaturated/α-hetero) is 2. The van der Waals surface area contributed by atoms with E-state index < -0.39 is 5.25 Å². The monoisotopic (exact) mass is 1050 g/mol. The molecule has 0 bridgehead atoms. The van der Waals surface area contributed by atoms with Crippen LogP contribution in [-0.4, -0.2) is 16.8 Å². The van der Waals surface area contributed by atoms with E-state index in [0.29, 0.717) is 65.9 Å². The molecule has 1 aliphatic rings. The second-order valence-corrected chi connectivity index (χ2v) is 27.5. The summed E-state index contributed by atoms with van der Waals surface area (Å²) in [6.45, 7) is 40.8. The van der Waals surface area contributed by atoms with E-state index in [1.807, 2.05) is 0 Å². The maximum Gasteiger partial charge on any atom is 0.153 e. The lowest BCUT2D eigenvalue weighted by molar-refractivity contribution is -0.132. The molecule has 0 radical (unpaired) electrons. The highest BCUT2D eigenvalue weighted by Crippen LogP contribution is 2.45. The number of ketones is 2. The molecule has 2 nitrogen and oxygen atoms in total. The number of hydrogen-bond donors (Lipinski definition) is 0. The van der Waals surface area contributed by atoms with Gasteiger partial charge >= 0.3 is 0 Å². The third kappa shape index (κ3) is 13.3. The first-order valence-corrected chi connectivity index (χ1v) is 30.5. The van der Waals surface area contributed by atoms with Crippen LogP contribution in [0.15, 0.2) is 127 Å². The molecule has 0 aromatic heterocycles. The summed E-state index contributed by atoms with van der Waals surface area (Å²) in [6.07, 6.45) is 0.815. The van der Waals surface area contributed by atoms with Crippen LogP contribution in [0.3, 0.4) is 0 Å². The van der Waals surface area contributed by atoms with Crippen LogP contribution in [0.2, 0.25) is 0 Å². The second-order valence-electron chi connectivity index (χ2n) is 26.4. The Hall–Kier alpha value is -5.77. The quantitative estimate of drug-likeness (QED) is 0.0853. The van der Waals surface area contributed by atoms with E-state index in [1.54, 1.807) is 0 Å². The summed E-state index contributed by atoms with van der Waals surface area (Å²) >= 11 is 1.53. The van der Waals surface area contributed by atoms with Crippen molar-refractivity contribution in [2.24, 2.45) is 5.41 Å². The van der Waals surface area contributed by atoms with Crippen molar-refractivity contribution in [1.29, 1.82) is 0 Å². The van der Waals surface area contributed by atoms with Gasteiger partial charge in [0.2, 0.25) is 0 Å². The summed E-state index contributed by atoms with van der Waals surface area (Å²) in [6, 6.07) is 50.1. The number of hydrogen-bond acceptors (Lipinski definition) is 3. The minimum Gasteiger partial charge on any atom is -0.298 e. The number of carbonyl (C=O) groups is 2. The summed E-state index contributed by atoms with van der Waals surface area (Å²) in [7, 11) is 0. The fraction of sp³-hybridized carbons (Fsp3) is 0.413. The van der Waals surface area contributed by atoms with Gasteiger partial charge in [-0.25, -0.2) is 0 Å². The Kier molecular flexibility index (Phi) is 17.9. The van der Waals surface area contributed by atoms with Gasteiger partial charge in [-0.1, -0.05) is 216 Å². The number of benzene rings is 7. The van der Waals surface area contributed by atoms with Crippen molar-refractivity contribution in [3.8, 4) is 66.8 Å². The molecule has 0 amide bonds. The van der Waals surface area contributed by atoms with Crippen LogP contribution in [0.1, 0.15) is 235 Å². The first kappa shape index (κ1) is 58.4. The summed E-state index contributed by atoms with van der Waals surface area (Å²) in [5.41, 5.74) is 25.6. The van der Waals surface area contributed by atoms with Gasteiger partial charge in [-0.05, 0) is 206 Å². The van der Waals surface area contributed by atoms with Gasteiger partial charge in [0.25, 0.3) is 0 Å².